The molecule has 0 saturated carbocycles. The molecular formula is C21H28N4O. The maximum atomic E-state index is 12.5. The standard InChI is InChI=1S/C21H28N4O/c1-2-20-22-14-18(15-23-20)21(26)24-16-19(17-10-6-5-7-11-17)25-12-8-3-4-9-13-25/h5-7,10-11,14-15,19H,2-4,8-9,12-13,16H2,1H3,(H,24,26). The molecule has 1 aromatic heterocycles. The molecule has 1 N–H and O–H groups in total. The van der Waals surface area contributed by atoms with Crippen LogP contribution in [0.5, 0.6) is 0 Å². The van der Waals surface area contributed by atoms with E-state index in [4.69, 9.17) is 0 Å². The van der Waals surface area contributed by atoms with Gasteiger partial charge in [0.05, 0.1) is 11.6 Å². The normalized spacial score (nSPS) is 16.7. The van der Waals surface area contributed by atoms with Crippen molar-refractivity contribution in [3.8, 4) is 0 Å². The summed E-state index contributed by atoms with van der Waals surface area (Å²) in [6.45, 7) is 4.77. The molecule has 2 heterocycles. The van der Waals surface area contributed by atoms with Gasteiger partial charge in [-0.05, 0) is 31.5 Å². The predicted octanol–water partition coefficient (Wildman–Crippen LogP) is 3.39. The van der Waals surface area contributed by atoms with E-state index in [-0.39, 0.29) is 11.9 Å². The second kappa shape index (κ2) is 9.43. The molecule has 1 atom stereocenters. The molecule has 2 aromatic rings. The first-order chi connectivity index (χ1) is 12.8. The SMILES string of the molecule is CCc1ncc(C(=O)NCC(c2ccccc2)N2CCCCCC2)cn1. The molecule has 1 aliphatic rings. The first-order valence-corrected chi connectivity index (χ1v) is 9.66. The number of amides is 1. The summed E-state index contributed by atoms with van der Waals surface area (Å²) >= 11 is 0. The van der Waals surface area contributed by atoms with Gasteiger partial charge in [-0.2, -0.15) is 0 Å². The lowest BCUT2D eigenvalue weighted by molar-refractivity contribution is 0.0932. The summed E-state index contributed by atoms with van der Waals surface area (Å²) < 4.78 is 0. The monoisotopic (exact) mass is 352 g/mol. The smallest absolute Gasteiger partial charge is 0.254 e. The van der Waals surface area contributed by atoms with E-state index in [1.165, 1.54) is 31.2 Å². The fourth-order valence-electron chi connectivity index (χ4n) is 3.49. The fraction of sp³-hybridized carbons (Fsp3) is 0.476. The number of aromatic nitrogens is 2. The molecule has 26 heavy (non-hydrogen) atoms. The number of nitrogens with zero attached hydrogens (tertiary/aromatic N) is 3. The Labute approximate surface area is 155 Å². The highest BCUT2D eigenvalue weighted by Crippen LogP contribution is 2.23. The summed E-state index contributed by atoms with van der Waals surface area (Å²) in [6, 6.07) is 10.7. The number of hydrogen-bond donors (Lipinski definition) is 1. The average molecular weight is 352 g/mol. The topological polar surface area (TPSA) is 58.1 Å². The number of benzene rings is 1. The summed E-state index contributed by atoms with van der Waals surface area (Å²) in [6.07, 6.45) is 9.05. The number of hydrogen-bond acceptors (Lipinski definition) is 4. The van der Waals surface area contributed by atoms with Gasteiger partial charge in [-0.25, -0.2) is 9.97 Å². The molecule has 0 bridgehead atoms. The summed E-state index contributed by atoms with van der Waals surface area (Å²) in [5.74, 6) is 0.650. The summed E-state index contributed by atoms with van der Waals surface area (Å²) in [7, 11) is 0. The zero-order valence-corrected chi connectivity index (χ0v) is 15.5. The van der Waals surface area contributed by atoms with Crippen LogP contribution in [-0.4, -0.2) is 40.4 Å². The fourth-order valence-corrected chi connectivity index (χ4v) is 3.49. The van der Waals surface area contributed by atoms with Crippen molar-refractivity contribution in [2.45, 2.75) is 45.1 Å². The molecule has 1 aromatic carbocycles. The van der Waals surface area contributed by atoms with Crippen molar-refractivity contribution >= 4 is 5.91 Å². The molecule has 1 aliphatic heterocycles. The van der Waals surface area contributed by atoms with Crippen LogP contribution < -0.4 is 5.32 Å². The Morgan fingerprint density at radius 1 is 1.08 bits per heavy atom. The minimum atomic E-state index is -0.108. The lowest BCUT2D eigenvalue weighted by Crippen LogP contribution is -2.38. The van der Waals surface area contributed by atoms with Crippen LogP contribution in [-0.2, 0) is 6.42 Å². The third kappa shape index (κ3) is 4.88. The Hall–Kier alpha value is -2.27. The molecule has 0 spiro atoms. The number of carbonyl (C=O) groups is 1. The van der Waals surface area contributed by atoms with Crippen molar-refractivity contribution in [2.75, 3.05) is 19.6 Å². The van der Waals surface area contributed by atoms with E-state index in [0.717, 1.165) is 25.3 Å². The zero-order valence-electron chi connectivity index (χ0n) is 15.5. The number of likely N-dealkylation sites (tertiary alicyclic amines) is 1. The van der Waals surface area contributed by atoms with E-state index in [1.54, 1.807) is 12.4 Å². The molecule has 0 radical (unpaired) electrons. The summed E-state index contributed by atoms with van der Waals surface area (Å²) in [5, 5.41) is 3.09. The number of carbonyl (C=O) groups excluding carboxylic acids is 1. The Kier molecular flexibility index (Phi) is 6.72. The first-order valence-electron chi connectivity index (χ1n) is 9.66. The second-order valence-corrected chi connectivity index (χ2v) is 6.83. The zero-order chi connectivity index (χ0) is 18.2. The van der Waals surface area contributed by atoms with E-state index in [9.17, 15) is 4.79 Å². The highest BCUT2D eigenvalue weighted by Gasteiger charge is 2.22. The Bertz CT molecular complexity index is 679. The van der Waals surface area contributed by atoms with Crippen LogP contribution in [0, 0.1) is 0 Å². The first kappa shape index (κ1) is 18.5. The van der Waals surface area contributed by atoms with Crippen molar-refractivity contribution in [1.29, 1.82) is 0 Å². The van der Waals surface area contributed by atoms with Gasteiger partial charge in [0, 0.05) is 25.4 Å². The second-order valence-electron chi connectivity index (χ2n) is 6.83. The molecule has 5 heteroatoms. The van der Waals surface area contributed by atoms with Crippen LogP contribution in [0.3, 0.4) is 0 Å². The van der Waals surface area contributed by atoms with E-state index in [0.29, 0.717) is 12.1 Å². The molecule has 1 amide bonds. The third-order valence-electron chi connectivity index (χ3n) is 5.01. The number of rotatable bonds is 6. The van der Waals surface area contributed by atoms with Gasteiger partial charge in [0.25, 0.3) is 5.91 Å². The van der Waals surface area contributed by atoms with Crippen LogP contribution in [0.1, 0.15) is 60.4 Å². The third-order valence-corrected chi connectivity index (χ3v) is 5.01. The van der Waals surface area contributed by atoms with Gasteiger partial charge in [-0.1, -0.05) is 50.1 Å². The van der Waals surface area contributed by atoms with Gasteiger partial charge >= 0.3 is 0 Å². The van der Waals surface area contributed by atoms with Gasteiger partial charge < -0.3 is 5.32 Å². The summed E-state index contributed by atoms with van der Waals surface area (Å²) in [5.41, 5.74) is 1.78. The van der Waals surface area contributed by atoms with Gasteiger partial charge in [0.2, 0.25) is 0 Å². The van der Waals surface area contributed by atoms with Crippen LogP contribution in [0.2, 0.25) is 0 Å². The quantitative estimate of drug-likeness (QED) is 0.866. The molecular weight excluding hydrogens is 324 g/mol. The van der Waals surface area contributed by atoms with E-state index < -0.39 is 0 Å². The maximum absolute atomic E-state index is 12.5. The number of nitrogens with one attached hydrogen (secondary N) is 1. The van der Waals surface area contributed by atoms with Crippen LogP contribution >= 0.6 is 0 Å². The van der Waals surface area contributed by atoms with Gasteiger partial charge in [-0.15, -0.1) is 0 Å². The highest BCUT2D eigenvalue weighted by molar-refractivity contribution is 5.93. The Morgan fingerprint density at radius 2 is 1.73 bits per heavy atom. The molecule has 1 unspecified atom stereocenters. The van der Waals surface area contributed by atoms with Crippen LogP contribution in [0.4, 0.5) is 0 Å². The largest absolute Gasteiger partial charge is 0.350 e. The Morgan fingerprint density at radius 3 is 2.35 bits per heavy atom. The van der Waals surface area contributed by atoms with Crippen molar-refractivity contribution in [1.82, 2.24) is 20.2 Å². The molecule has 1 saturated heterocycles. The summed E-state index contributed by atoms with van der Waals surface area (Å²) in [4.78, 5) is 23.5. The molecule has 1 fully saturated rings. The molecule has 5 nitrogen and oxygen atoms in total. The van der Waals surface area contributed by atoms with Crippen molar-refractivity contribution in [2.24, 2.45) is 0 Å². The van der Waals surface area contributed by atoms with Crippen molar-refractivity contribution in [3.63, 3.8) is 0 Å². The molecule has 138 valence electrons. The van der Waals surface area contributed by atoms with Crippen molar-refractivity contribution in [3.05, 3.63) is 59.7 Å². The van der Waals surface area contributed by atoms with Gasteiger partial charge in [-0.3, -0.25) is 9.69 Å². The maximum Gasteiger partial charge on any atom is 0.254 e. The van der Waals surface area contributed by atoms with Gasteiger partial charge in [0.15, 0.2) is 0 Å². The van der Waals surface area contributed by atoms with Crippen molar-refractivity contribution < 1.29 is 4.79 Å². The average Bonchev–Trinajstić information content (AvgIpc) is 2.98. The van der Waals surface area contributed by atoms with Gasteiger partial charge in [0.1, 0.15) is 5.82 Å². The van der Waals surface area contributed by atoms with E-state index in [2.05, 4.69) is 44.5 Å². The lowest BCUT2D eigenvalue weighted by Gasteiger charge is -2.31. The highest BCUT2D eigenvalue weighted by atomic mass is 16.1. The van der Waals surface area contributed by atoms with E-state index in [1.807, 2.05) is 13.0 Å². The van der Waals surface area contributed by atoms with Crippen LogP contribution in [0.25, 0.3) is 0 Å². The molecule has 3 rings (SSSR count). The minimum Gasteiger partial charge on any atom is -0.350 e. The predicted molar refractivity (Wildman–Crippen MR) is 103 cm³/mol. The van der Waals surface area contributed by atoms with E-state index >= 15 is 0 Å². The Balaban J connectivity index is 1.69. The number of aryl methyl sites for hydroxylation is 1. The minimum absolute atomic E-state index is 0.108. The van der Waals surface area contributed by atoms with Crippen LogP contribution in [0.15, 0.2) is 42.7 Å². The molecule has 0 aliphatic carbocycles. The lowest BCUT2D eigenvalue weighted by atomic mass is 10.0.